The van der Waals surface area contributed by atoms with Crippen LogP contribution in [0.1, 0.15) is 16.1 Å². The van der Waals surface area contributed by atoms with E-state index in [1.54, 1.807) is 18.3 Å². The summed E-state index contributed by atoms with van der Waals surface area (Å²) < 4.78 is 27.2. The third-order valence-corrected chi connectivity index (χ3v) is 5.88. The summed E-state index contributed by atoms with van der Waals surface area (Å²) in [4.78, 5) is 5.14. The zero-order valence-corrected chi connectivity index (χ0v) is 12.8. The van der Waals surface area contributed by atoms with E-state index < -0.39 is 10.0 Å². The average molecular weight is 311 g/mol. The molecule has 2 aromatic heterocycles. The van der Waals surface area contributed by atoms with E-state index in [0.717, 1.165) is 16.1 Å². The van der Waals surface area contributed by atoms with Crippen LogP contribution in [0.5, 0.6) is 0 Å². The highest BCUT2D eigenvalue weighted by atomic mass is 32.2. The number of nitrogens with one attached hydrogen (secondary N) is 1. The van der Waals surface area contributed by atoms with Gasteiger partial charge in [0.2, 0.25) is 10.0 Å². The van der Waals surface area contributed by atoms with Crippen molar-refractivity contribution in [1.82, 2.24) is 9.71 Å². The molecule has 0 unspecified atom stereocenters. The Morgan fingerprint density at radius 3 is 2.85 bits per heavy atom. The summed E-state index contributed by atoms with van der Waals surface area (Å²) in [5, 5.41) is 0. The maximum Gasteiger partial charge on any atom is 0.250 e. The predicted molar refractivity (Wildman–Crippen MR) is 80.1 cm³/mol. The molecule has 0 aliphatic heterocycles. The molecule has 7 heteroatoms. The van der Waals surface area contributed by atoms with Gasteiger partial charge in [0.05, 0.1) is 12.2 Å². The lowest BCUT2D eigenvalue weighted by Gasteiger charge is -2.06. The fourth-order valence-corrected chi connectivity index (χ4v) is 4.12. The molecule has 0 spiro atoms. The molecule has 0 fully saturated rings. The quantitative estimate of drug-likeness (QED) is 0.845. The molecule has 0 atom stereocenters. The van der Waals surface area contributed by atoms with Crippen molar-refractivity contribution in [1.29, 1.82) is 0 Å². The molecule has 0 aromatic carbocycles. The Hall–Kier alpha value is -1.28. The monoisotopic (exact) mass is 311 g/mol. The highest BCUT2D eigenvalue weighted by Crippen LogP contribution is 2.21. The molecular formula is C13H17N3O2S2. The summed E-state index contributed by atoms with van der Waals surface area (Å²) in [5.41, 5.74) is 7.16. The fourth-order valence-electron chi connectivity index (χ4n) is 1.72. The molecule has 0 aliphatic carbocycles. The van der Waals surface area contributed by atoms with Gasteiger partial charge in [-0.05, 0) is 43.7 Å². The number of hydrogen-bond acceptors (Lipinski definition) is 5. The van der Waals surface area contributed by atoms with E-state index in [1.165, 1.54) is 11.3 Å². The van der Waals surface area contributed by atoms with E-state index in [9.17, 15) is 8.42 Å². The van der Waals surface area contributed by atoms with E-state index >= 15 is 0 Å². The van der Waals surface area contributed by atoms with Crippen LogP contribution in [-0.4, -0.2) is 19.9 Å². The number of sulfonamides is 1. The van der Waals surface area contributed by atoms with Crippen LogP contribution >= 0.6 is 11.3 Å². The Balaban J connectivity index is 2.09. The largest absolute Gasteiger partial charge is 0.330 e. The second-order valence-corrected chi connectivity index (χ2v) is 7.51. The molecule has 2 rings (SSSR count). The van der Waals surface area contributed by atoms with E-state index in [1.807, 2.05) is 19.1 Å². The minimum atomic E-state index is -3.49. The smallest absolute Gasteiger partial charge is 0.250 e. The summed E-state index contributed by atoms with van der Waals surface area (Å²) in [5.74, 6) is 0. The van der Waals surface area contributed by atoms with Crippen LogP contribution in [0.4, 0.5) is 0 Å². The maximum atomic E-state index is 12.2. The van der Waals surface area contributed by atoms with Gasteiger partial charge in [0.1, 0.15) is 4.21 Å². The lowest BCUT2D eigenvalue weighted by molar-refractivity contribution is 0.582. The average Bonchev–Trinajstić information content (AvgIpc) is 2.88. The molecule has 0 aliphatic rings. The maximum absolute atomic E-state index is 12.2. The number of hydrogen-bond donors (Lipinski definition) is 2. The second kappa shape index (κ2) is 6.45. The van der Waals surface area contributed by atoms with Crippen molar-refractivity contribution in [2.45, 2.75) is 24.1 Å². The van der Waals surface area contributed by atoms with Crippen LogP contribution in [0.15, 0.2) is 34.7 Å². The molecule has 3 N–H and O–H groups in total. The zero-order chi connectivity index (χ0) is 14.6. The first-order chi connectivity index (χ1) is 9.53. The summed E-state index contributed by atoms with van der Waals surface area (Å²) >= 11 is 1.25. The van der Waals surface area contributed by atoms with Gasteiger partial charge in [-0.25, -0.2) is 13.1 Å². The summed E-state index contributed by atoms with van der Waals surface area (Å²) in [6.45, 7) is 2.61. The van der Waals surface area contributed by atoms with E-state index in [4.69, 9.17) is 5.73 Å². The van der Waals surface area contributed by atoms with Crippen molar-refractivity contribution in [2.24, 2.45) is 5.73 Å². The number of aryl methyl sites for hydroxylation is 1. The first-order valence-electron chi connectivity index (χ1n) is 6.22. The Labute approximate surface area is 122 Å². The van der Waals surface area contributed by atoms with Gasteiger partial charge in [-0.3, -0.25) is 4.98 Å². The van der Waals surface area contributed by atoms with Gasteiger partial charge in [-0.15, -0.1) is 11.3 Å². The number of aromatic nitrogens is 1. The van der Waals surface area contributed by atoms with Gasteiger partial charge in [-0.2, -0.15) is 0 Å². The summed E-state index contributed by atoms with van der Waals surface area (Å²) in [7, 11) is -3.49. The van der Waals surface area contributed by atoms with Crippen molar-refractivity contribution < 1.29 is 8.42 Å². The van der Waals surface area contributed by atoms with Gasteiger partial charge in [0.15, 0.2) is 0 Å². The molecular weight excluding hydrogens is 294 g/mol. The van der Waals surface area contributed by atoms with Crippen molar-refractivity contribution >= 4 is 21.4 Å². The van der Waals surface area contributed by atoms with E-state index in [0.29, 0.717) is 17.2 Å². The fraction of sp³-hybridized carbons (Fsp3) is 0.308. The second-order valence-electron chi connectivity index (χ2n) is 4.35. The Kier molecular flexibility index (Phi) is 4.87. The number of thiophene rings is 1. The van der Waals surface area contributed by atoms with Crippen molar-refractivity contribution in [3.05, 3.63) is 46.6 Å². The van der Waals surface area contributed by atoms with Crippen LogP contribution in [0.3, 0.4) is 0 Å². The number of nitrogens with zero attached hydrogens (tertiary/aromatic N) is 1. The van der Waals surface area contributed by atoms with Gasteiger partial charge in [0.25, 0.3) is 0 Å². The van der Waals surface area contributed by atoms with Crippen LogP contribution in [0, 0.1) is 6.92 Å². The zero-order valence-electron chi connectivity index (χ0n) is 11.2. The number of rotatable bonds is 6. The highest BCUT2D eigenvalue weighted by Gasteiger charge is 2.17. The van der Waals surface area contributed by atoms with Crippen molar-refractivity contribution in [3.8, 4) is 0 Å². The molecule has 0 bridgehead atoms. The molecule has 0 saturated heterocycles. The summed E-state index contributed by atoms with van der Waals surface area (Å²) in [6.07, 6.45) is 2.35. The van der Waals surface area contributed by atoms with Crippen LogP contribution in [-0.2, 0) is 23.0 Å². The first kappa shape index (κ1) is 15.1. The SMILES string of the molecule is Cc1cccnc1CNS(=O)(=O)c1ccc(CCN)s1. The molecule has 0 radical (unpaired) electrons. The molecule has 2 heterocycles. The number of nitrogens with two attached hydrogens (primary N) is 1. The van der Waals surface area contributed by atoms with E-state index in [-0.39, 0.29) is 6.54 Å². The van der Waals surface area contributed by atoms with Gasteiger partial charge < -0.3 is 5.73 Å². The predicted octanol–water partition coefficient (Wildman–Crippen LogP) is 1.43. The van der Waals surface area contributed by atoms with Crippen LogP contribution in [0.2, 0.25) is 0 Å². The topological polar surface area (TPSA) is 85.1 Å². The minimum absolute atomic E-state index is 0.194. The van der Waals surface area contributed by atoms with Crippen molar-refractivity contribution in [2.75, 3.05) is 6.54 Å². The van der Waals surface area contributed by atoms with Crippen molar-refractivity contribution in [3.63, 3.8) is 0 Å². The minimum Gasteiger partial charge on any atom is -0.330 e. The van der Waals surface area contributed by atoms with Gasteiger partial charge in [-0.1, -0.05) is 6.07 Å². The lowest BCUT2D eigenvalue weighted by Crippen LogP contribution is -2.23. The highest BCUT2D eigenvalue weighted by molar-refractivity contribution is 7.91. The summed E-state index contributed by atoms with van der Waals surface area (Å²) in [6, 6.07) is 7.15. The molecule has 108 valence electrons. The lowest BCUT2D eigenvalue weighted by atomic mass is 10.2. The third kappa shape index (κ3) is 3.63. The van der Waals surface area contributed by atoms with Gasteiger partial charge >= 0.3 is 0 Å². The van der Waals surface area contributed by atoms with E-state index in [2.05, 4.69) is 9.71 Å². The standard InChI is InChI=1S/C13H17N3O2S2/c1-10-3-2-8-15-12(10)9-16-20(17,18)13-5-4-11(19-13)6-7-14/h2-5,8,16H,6-7,9,14H2,1H3. The molecule has 0 saturated carbocycles. The Morgan fingerprint density at radius 1 is 1.35 bits per heavy atom. The molecule has 20 heavy (non-hydrogen) atoms. The third-order valence-electron chi connectivity index (χ3n) is 2.84. The molecule has 0 amide bonds. The first-order valence-corrected chi connectivity index (χ1v) is 8.52. The number of pyridine rings is 1. The Morgan fingerprint density at radius 2 is 2.15 bits per heavy atom. The van der Waals surface area contributed by atoms with Crippen LogP contribution < -0.4 is 10.5 Å². The normalized spacial score (nSPS) is 11.7. The van der Waals surface area contributed by atoms with Gasteiger partial charge in [0, 0.05) is 11.1 Å². The van der Waals surface area contributed by atoms with Crippen LogP contribution in [0.25, 0.3) is 0 Å². The molecule has 5 nitrogen and oxygen atoms in total. The Bertz CT molecular complexity index is 680. The molecule has 2 aromatic rings.